The minimum atomic E-state index is -0.607. The molecule has 1 unspecified atom stereocenters. The second kappa shape index (κ2) is 11.8. The molecule has 1 amide bonds. The van der Waals surface area contributed by atoms with Gasteiger partial charge in [0.25, 0.3) is 0 Å². The second-order valence-corrected chi connectivity index (χ2v) is 9.26. The number of aromatic nitrogens is 1. The number of aryl methyl sites for hydroxylation is 1. The van der Waals surface area contributed by atoms with Crippen LogP contribution in [0.4, 0.5) is 0 Å². The Labute approximate surface area is 221 Å². The fourth-order valence-corrected chi connectivity index (χ4v) is 4.47. The first-order chi connectivity index (χ1) is 18.6. The van der Waals surface area contributed by atoms with Gasteiger partial charge in [0, 0.05) is 28.4 Å². The predicted octanol–water partition coefficient (Wildman–Crippen LogP) is 5.17. The first-order valence-corrected chi connectivity index (χ1v) is 12.7. The van der Waals surface area contributed by atoms with Gasteiger partial charge in [0.05, 0.1) is 5.52 Å². The molecule has 0 aliphatic carbocycles. The van der Waals surface area contributed by atoms with Gasteiger partial charge in [-0.15, -0.1) is 0 Å². The third-order valence-corrected chi connectivity index (χ3v) is 6.42. The molecular formula is C31H31N3O4. The van der Waals surface area contributed by atoms with E-state index in [4.69, 9.17) is 15.2 Å². The topological polar surface area (TPSA) is 110 Å². The van der Waals surface area contributed by atoms with Crippen LogP contribution in [0.3, 0.4) is 0 Å². The third kappa shape index (κ3) is 6.14. The fraction of sp³-hybridized carbons (Fsp3) is 0.194. The highest BCUT2D eigenvalue weighted by molar-refractivity contribution is 6.10. The lowest BCUT2D eigenvalue weighted by atomic mass is 10.1. The Bertz CT molecular complexity index is 1510. The number of nitrogens with two attached hydrogens (primary N) is 1. The van der Waals surface area contributed by atoms with Gasteiger partial charge in [0.2, 0.25) is 5.91 Å². The Hall–Kier alpha value is -4.33. The van der Waals surface area contributed by atoms with Crippen molar-refractivity contribution in [1.29, 1.82) is 0 Å². The molecule has 0 fully saturated rings. The SMILES string of the molecule is NC(=O)c1ccc(Oc2ccc(CCCNCC(O)COc3cccc4[nH]c5ccccc5c34)cc2)cc1. The molecule has 38 heavy (non-hydrogen) atoms. The van der Waals surface area contributed by atoms with Crippen LogP contribution < -0.4 is 20.5 Å². The molecule has 5 rings (SSSR count). The monoisotopic (exact) mass is 509 g/mol. The van der Waals surface area contributed by atoms with E-state index in [1.807, 2.05) is 60.7 Å². The molecule has 7 nitrogen and oxygen atoms in total. The van der Waals surface area contributed by atoms with Gasteiger partial charge in [-0.3, -0.25) is 4.79 Å². The Kier molecular flexibility index (Phi) is 7.87. The maximum atomic E-state index is 11.2. The van der Waals surface area contributed by atoms with Crippen molar-refractivity contribution in [2.24, 2.45) is 5.73 Å². The Morgan fingerprint density at radius 3 is 2.37 bits per heavy atom. The number of hydrogen-bond donors (Lipinski definition) is 4. The first-order valence-electron chi connectivity index (χ1n) is 12.7. The molecule has 0 aliphatic heterocycles. The van der Waals surface area contributed by atoms with Gasteiger partial charge in [-0.2, -0.15) is 0 Å². The number of fused-ring (bicyclic) bond motifs is 3. The number of carbonyl (C=O) groups excluding carboxylic acids is 1. The van der Waals surface area contributed by atoms with Crippen LogP contribution in [0.5, 0.6) is 17.2 Å². The number of aliphatic hydroxyl groups is 1. The van der Waals surface area contributed by atoms with E-state index in [9.17, 15) is 9.90 Å². The van der Waals surface area contributed by atoms with Crippen LogP contribution in [0.15, 0.2) is 91.0 Å². The van der Waals surface area contributed by atoms with Crippen LogP contribution in [0.2, 0.25) is 0 Å². The van der Waals surface area contributed by atoms with Gasteiger partial charge < -0.3 is 30.6 Å². The smallest absolute Gasteiger partial charge is 0.248 e. The summed E-state index contributed by atoms with van der Waals surface area (Å²) in [6, 6.07) is 28.8. The molecule has 0 bridgehead atoms. The molecule has 7 heteroatoms. The second-order valence-electron chi connectivity index (χ2n) is 9.26. The summed E-state index contributed by atoms with van der Waals surface area (Å²) in [5.41, 5.74) is 9.01. The largest absolute Gasteiger partial charge is 0.490 e. The average molecular weight is 510 g/mol. The van der Waals surface area contributed by atoms with E-state index in [2.05, 4.69) is 16.4 Å². The summed E-state index contributed by atoms with van der Waals surface area (Å²) in [7, 11) is 0. The Balaban J connectivity index is 1.03. The number of para-hydroxylation sites is 1. The van der Waals surface area contributed by atoms with Crippen LogP contribution in [0.25, 0.3) is 21.8 Å². The maximum Gasteiger partial charge on any atom is 0.248 e. The molecule has 0 saturated heterocycles. The van der Waals surface area contributed by atoms with Crippen molar-refractivity contribution in [3.63, 3.8) is 0 Å². The molecule has 5 N–H and O–H groups in total. The van der Waals surface area contributed by atoms with Gasteiger partial charge in [-0.1, -0.05) is 36.4 Å². The molecule has 1 atom stereocenters. The van der Waals surface area contributed by atoms with Crippen LogP contribution in [0.1, 0.15) is 22.3 Å². The van der Waals surface area contributed by atoms with E-state index in [-0.39, 0.29) is 6.61 Å². The zero-order chi connectivity index (χ0) is 26.3. The molecule has 0 aliphatic rings. The van der Waals surface area contributed by atoms with Gasteiger partial charge >= 0.3 is 0 Å². The van der Waals surface area contributed by atoms with E-state index in [1.165, 1.54) is 5.56 Å². The summed E-state index contributed by atoms with van der Waals surface area (Å²) in [4.78, 5) is 14.6. The lowest BCUT2D eigenvalue weighted by molar-refractivity contribution is 0.1000. The number of ether oxygens (including phenoxy) is 2. The molecule has 1 heterocycles. The predicted molar refractivity (Wildman–Crippen MR) is 150 cm³/mol. The number of amides is 1. The zero-order valence-corrected chi connectivity index (χ0v) is 21.0. The minimum Gasteiger partial charge on any atom is -0.490 e. The quantitative estimate of drug-likeness (QED) is 0.173. The lowest BCUT2D eigenvalue weighted by Gasteiger charge is -2.14. The highest BCUT2D eigenvalue weighted by atomic mass is 16.5. The molecule has 4 aromatic carbocycles. The summed E-state index contributed by atoms with van der Waals surface area (Å²) >= 11 is 0. The van der Waals surface area contributed by atoms with Gasteiger partial charge in [-0.05, 0) is 79.5 Å². The number of primary amides is 1. The molecule has 0 spiro atoms. The van der Waals surface area contributed by atoms with Crippen LogP contribution in [-0.4, -0.2) is 41.8 Å². The summed E-state index contributed by atoms with van der Waals surface area (Å²) in [5.74, 6) is 1.68. The molecule has 194 valence electrons. The van der Waals surface area contributed by atoms with Crippen molar-refractivity contribution in [2.45, 2.75) is 18.9 Å². The number of nitrogens with one attached hydrogen (secondary N) is 2. The summed E-state index contributed by atoms with van der Waals surface area (Å²) in [6.07, 6.45) is 1.25. The number of H-pyrrole nitrogens is 1. The van der Waals surface area contributed by atoms with Crippen LogP contribution >= 0.6 is 0 Å². The van der Waals surface area contributed by atoms with Crippen molar-refractivity contribution < 1.29 is 19.4 Å². The third-order valence-electron chi connectivity index (χ3n) is 6.42. The molecular weight excluding hydrogens is 478 g/mol. The Morgan fingerprint density at radius 1 is 0.895 bits per heavy atom. The van der Waals surface area contributed by atoms with E-state index in [1.54, 1.807) is 24.3 Å². The number of aliphatic hydroxyl groups excluding tert-OH is 1. The zero-order valence-electron chi connectivity index (χ0n) is 21.0. The molecule has 0 radical (unpaired) electrons. The number of carbonyl (C=O) groups is 1. The van der Waals surface area contributed by atoms with Gasteiger partial charge in [-0.25, -0.2) is 0 Å². The van der Waals surface area contributed by atoms with Crippen LogP contribution in [0, 0.1) is 0 Å². The van der Waals surface area contributed by atoms with Crippen molar-refractivity contribution in [2.75, 3.05) is 19.7 Å². The molecule has 0 saturated carbocycles. The van der Waals surface area contributed by atoms with Crippen molar-refractivity contribution in [1.82, 2.24) is 10.3 Å². The first kappa shape index (κ1) is 25.3. The highest BCUT2D eigenvalue weighted by Gasteiger charge is 2.11. The summed E-state index contributed by atoms with van der Waals surface area (Å²) in [6.45, 7) is 1.48. The van der Waals surface area contributed by atoms with Gasteiger partial charge in [0.15, 0.2) is 0 Å². The van der Waals surface area contributed by atoms with Crippen molar-refractivity contribution in [3.05, 3.63) is 102 Å². The standard InChI is InChI=1S/C31H31N3O4/c32-31(36)22-12-16-25(17-13-22)38-24-14-10-21(11-15-24)5-4-18-33-19-23(35)20-37-29-9-3-8-28-30(29)26-6-1-2-7-27(26)34-28/h1-3,6-17,23,33-35H,4-5,18-20H2,(H2,32,36). The highest BCUT2D eigenvalue weighted by Crippen LogP contribution is 2.33. The number of aromatic amines is 1. The van der Waals surface area contributed by atoms with Crippen molar-refractivity contribution in [3.8, 4) is 17.2 Å². The molecule has 5 aromatic rings. The van der Waals surface area contributed by atoms with E-state index in [0.717, 1.165) is 52.7 Å². The normalized spacial score (nSPS) is 12.0. The minimum absolute atomic E-state index is 0.221. The van der Waals surface area contributed by atoms with E-state index < -0.39 is 12.0 Å². The van der Waals surface area contributed by atoms with Crippen LogP contribution in [-0.2, 0) is 6.42 Å². The lowest BCUT2D eigenvalue weighted by Crippen LogP contribution is -2.32. The molecule has 1 aromatic heterocycles. The van der Waals surface area contributed by atoms with E-state index in [0.29, 0.717) is 17.9 Å². The number of benzene rings is 4. The maximum absolute atomic E-state index is 11.2. The fourth-order valence-electron chi connectivity index (χ4n) is 4.47. The van der Waals surface area contributed by atoms with Crippen molar-refractivity contribution >= 4 is 27.7 Å². The number of rotatable bonds is 12. The summed E-state index contributed by atoms with van der Waals surface area (Å²) < 4.78 is 11.8. The average Bonchev–Trinajstić information content (AvgIpc) is 3.32. The van der Waals surface area contributed by atoms with E-state index >= 15 is 0 Å². The van der Waals surface area contributed by atoms with Gasteiger partial charge in [0.1, 0.15) is 30.0 Å². The summed E-state index contributed by atoms with van der Waals surface area (Å²) in [5, 5.41) is 15.9. The Morgan fingerprint density at radius 2 is 1.61 bits per heavy atom. The number of hydrogen-bond acceptors (Lipinski definition) is 5.